The molecule has 0 saturated heterocycles. The van der Waals surface area contributed by atoms with Crippen molar-refractivity contribution in [1.82, 2.24) is 0 Å². The fraction of sp³-hybridized carbons (Fsp3) is 0.250. The highest BCUT2D eigenvalue weighted by molar-refractivity contribution is 6.41. The van der Waals surface area contributed by atoms with Crippen molar-refractivity contribution >= 4 is 34.7 Å². The molecule has 6 heteroatoms. The van der Waals surface area contributed by atoms with Crippen LogP contribution in [0.2, 0.25) is 5.02 Å². The number of amides is 1. The van der Waals surface area contributed by atoms with Crippen LogP contribution in [0.15, 0.2) is 58.5 Å². The molecule has 1 fully saturated rings. The van der Waals surface area contributed by atoms with Gasteiger partial charge in [0, 0.05) is 27.8 Å². The summed E-state index contributed by atoms with van der Waals surface area (Å²) in [5, 5.41) is 3.45. The van der Waals surface area contributed by atoms with Crippen LogP contribution >= 0.6 is 11.6 Å². The van der Waals surface area contributed by atoms with E-state index in [2.05, 4.69) is 10.3 Å². The van der Waals surface area contributed by atoms with Crippen molar-refractivity contribution in [3.63, 3.8) is 0 Å². The van der Waals surface area contributed by atoms with E-state index in [0.29, 0.717) is 28.0 Å². The van der Waals surface area contributed by atoms with E-state index < -0.39 is 5.66 Å². The average molecular weight is 367 g/mol. The molecule has 0 radical (unpaired) electrons. The summed E-state index contributed by atoms with van der Waals surface area (Å²) in [5.41, 5.74) is 8.18. The van der Waals surface area contributed by atoms with Crippen molar-refractivity contribution in [2.45, 2.75) is 25.4 Å². The van der Waals surface area contributed by atoms with E-state index in [1.807, 2.05) is 25.1 Å². The molecule has 0 bridgehead atoms. The third-order valence-corrected chi connectivity index (χ3v) is 5.01. The van der Waals surface area contributed by atoms with Gasteiger partial charge in [-0.05, 0) is 50.1 Å². The van der Waals surface area contributed by atoms with Gasteiger partial charge >= 0.3 is 0 Å². The number of halogens is 1. The number of benzene rings is 2. The van der Waals surface area contributed by atoms with E-state index >= 15 is 0 Å². The molecule has 1 aliphatic carbocycles. The summed E-state index contributed by atoms with van der Waals surface area (Å²) in [6.07, 6.45) is 2.12. The molecule has 0 spiro atoms. The predicted molar refractivity (Wildman–Crippen MR) is 105 cm³/mol. The molecule has 1 amide bonds. The van der Waals surface area contributed by atoms with E-state index in [0.717, 1.165) is 24.1 Å². The first kappa shape index (κ1) is 16.8. The number of rotatable bonds is 4. The smallest absolute Gasteiger partial charge is 0.255 e. The topological polar surface area (TPSA) is 79.8 Å². The molecule has 5 nitrogen and oxygen atoms in total. The molecule has 1 aliphatic heterocycles. The van der Waals surface area contributed by atoms with Gasteiger partial charge in [0.15, 0.2) is 5.66 Å². The fourth-order valence-electron chi connectivity index (χ4n) is 3.29. The van der Waals surface area contributed by atoms with Crippen LogP contribution < -0.4 is 11.1 Å². The monoisotopic (exact) mass is 366 g/mol. The summed E-state index contributed by atoms with van der Waals surface area (Å²) in [7, 11) is 0. The van der Waals surface area contributed by atoms with Gasteiger partial charge in [0.05, 0.1) is 5.71 Å². The van der Waals surface area contributed by atoms with Crippen LogP contribution in [0.1, 0.15) is 35.7 Å². The number of aliphatic imine (C=N–C) groups is 2. The summed E-state index contributed by atoms with van der Waals surface area (Å²) >= 11 is 5.98. The van der Waals surface area contributed by atoms with Crippen molar-refractivity contribution in [2.75, 3.05) is 5.32 Å². The van der Waals surface area contributed by atoms with Crippen molar-refractivity contribution in [2.24, 2.45) is 21.6 Å². The molecule has 1 unspecified atom stereocenters. The Hall–Kier alpha value is -2.66. The highest BCUT2D eigenvalue weighted by atomic mass is 35.5. The number of anilines is 1. The Morgan fingerprint density at radius 3 is 2.62 bits per heavy atom. The van der Waals surface area contributed by atoms with Crippen molar-refractivity contribution < 1.29 is 4.79 Å². The maximum Gasteiger partial charge on any atom is 0.255 e. The van der Waals surface area contributed by atoms with Crippen LogP contribution in [-0.4, -0.2) is 17.5 Å². The first-order valence-corrected chi connectivity index (χ1v) is 8.95. The Bertz CT molecular complexity index is 928. The molecule has 0 aromatic heterocycles. The third-order valence-electron chi connectivity index (χ3n) is 4.78. The Morgan fingerprint density at radius 2 is 1.96 bits per heavy atom. The van der Waals surface area contributed by atoms with Gasteiger partial charge in [0.25, 0.3) is 5.91 Å². The fourth-order valence-corrected chi connectivity index (χ4v) is 3.48. The lowest BCUT2D eigenvalue weighted by Gasteiger charge is -2.24. The second-order valence-electron chi connectivity index (χ2n) is 6.74. The number of nitrogens with one attached hydrogen (secondary N) is 1. The van der Waals surface area contributed by atoms with Gasteiger partial charge in [-0.25, -0.2) is 4.99 Å². The zero-order valence-corrected chi connectivity index (χ0v) is 15.1. The van der Waals surface area contributed by atoms with Gasteiger partial charge in [0.1, 0.15) is 5.84 Å². The molecule has 2 aliphatic rings. The highest BCUT2D eigenvalue weighted by Gasteiger charge is 2.49. The number of nitrogens with two attached hydrogens (primary N) is 1. The first-order valence-electron chi connectivity index (χ1n) is 8.57. The number of hydrogen-bond donors (Lipinski definition) is 2. The lowest BCUT2D eigenvalue weighted by Crippen LogP contribution is -2.24. The van der Waals surface area contributed by atoms with Gasteiger partial charge in [-0.2, -0.15) is 0 Å². The Labute approximate surface area is 157 Å². The molecule has 2 aromatic rings. The van der Waals surface area contributed by atoms with Gasteiger partial charge in [-0.1, -0.05) is 29.8 Å². The minimum absolute atomic E-state index is 0.198. The summed E-state index contributed by atoms with van der Waals surface area (Å²) in [6, 6.07) is 14.5. The van der Waals surface area contributed by atoms with Crippen LogP contribution in [0.5, 0.6) is 0 Å². The van der Waals surface area contributed by atoms with E-state index in [-0.39, 0.29) is 5.91 Å². The van der Waals surface area contributed by atoms with Gasteiger partial charge in [-0.15, -0.1) is 0 Å². The second kappa shape index (κ2) is 6.25. The van der Waals surface area contributed by atoms with Crippen molar-refractivity contribution in [3.8, 4) is 0 Å². The summed E-state index contributed by atoms with van der Waals surface area (Å²) in [4.78, 5) is 22.1. The minimum atomic E-state index is -0.680. The third kappa shape index (κ3) is 2.99. The number of nitrogens with zero attached hydrogens (tertiary/aromatic N) is 2. The van der Waals surface area contributed by atoms with Crippen molar-refractivity contribution in [3.05, 3.63) is 64.7 Å². The molecule has 1 atom stereocenters. The first-order chi connectivity index (χ1) is 12.5. The molecular formula is C20H19ClN4O. The van der Waals surface area contributed by atoms with Gasteiger partial charge < -0.3 is 11.1 Å². The zero-order valence-electron chi connectivity index (χ0n) is 14.4. The molecule has 1 heterocycles. The lowest BCUT2D eigenvalue weighted by atomic mass is 9.94. The number of carbonyl (C=O) groups is 1. The Morgan fingerprint density at radius 1 is 1.19 bits per heavy atom. The van der Waals surface area contributed by atoms with Gasteiger partial charge in [0.2, 0.25) is 0 Å². The largest absolute Gasteiger partial charge is 0.382 e. The molecular weight excluding hydrogens is 348 g/mol. The van der Waals surface area contributed by atoms with Crippen LogP contribution in [0.4, 0.5) is 5.69 Å². The van der Waals surface area contributed by atoms with E-state index in [1.165, 1.54) is 0 Å². The molecule has 4 rings (SSSR count). The average Bonchev–Trinajstić information content (AvgIpc) is 3.42. The second-order valence-corrected chi connectivity index (χ2v) is 7.18. The minimum Gasteiger partial charge on any atom is -0.382 e. The maximum absolute atomic E-state index is 12.7. The quantitative estimate of drug-likeness (QED) is 0.858. The molecule has 1 saturated carbocycles. The standard InChI is InChI=1S/C20H19ClN4O/c1-12-18(22)25-20(24-12,14-8-9-14)15-5-2-4-13(10-15)19(26)23-17-7-3-6-16(21)11-17/h2-7,10-11,14H,8-9H2,1H3,(H2,22,25)(H,23,26). The van der Waals surface area contributed by atoms with Gasteiger partial charge in [-0.3, -0.25) is 9.79 Å². The molecule has 132 valence electrons. The SMILES string of the molecule is CC1=NC(c2cccc(C(=O)Nc3cccc(Cl)c3)c2)(C2CC2)N=C1N. The Kier molecular flexibility index (Phi) is 4.04. The normalized spacial score (nSPS) is 21.9. The van der Waals surface area contributed by atoms with E-state index in [9.17, 15) is 4.79 Å². The van der Waals surface area contributed by atoms with E-state index in [4.69, 9.17) is 22.3 Å². The summed E-state index contributed by atoms with van der Waals surface area (Å²) in [5.74, 6) is 0.617. The van der Waals surface area contributed by atoms with Crippen molar-refractivity contribution in [1.29, 1.82) is 0 Å². The maximum atomic E-state index is 12.7. The van der Waals surface area contributed by atoms with Crippen LogP contribution in [0.3, 0.4) is 0 Å². The molecule has 26 heavy (non-hydrogen) atoms. The molecule has 3 N–H and O–H groups in total. The summed E-state index contributed by atoms with van der Waals surface area (Å²) < 4.78 is 0. The van der Waals surface area contributed by atoms with Crippen LogP contribution in [0.25, 0.3) is 0 Å². The lowest BCUT2D eigenvalue weighted by molar-refractivity contribution is 0.102. The summed E-state index contributed by atoms with van der Waals surface area (Å²) in [6.45, 7) is 1.87. The van der Waals surface area contributed by atoms with E-state index in [1.54, 1.807) is 30.3 Å². The highest BCUT2D eigenvalue weighted by Crippen LogP contribution is 2.51. The number of hydrogen-bond acceptors (Lipinski definition) is 4. The number of amidine groups is 1. The predicted octanol–water partition coefficient (Wildman–Crippen LogP) is 3.99. The van der Waals surface area contributed by atoms with Crippen LogP contribution in [0, 0.1) is 5.92 Å². The van der Waals surface area contributed by atoms with Crippen LogP contribution in [-0.2, 0) is 5.66 Å². The molecule has 2 aromatic carbocycles. The zero-order chi connectivity index (χ0) is 18.3. The Balaban J connectivity index is 1.66. The number of carbonyl (C=O) groups excluding carboxylic acids is 1.